The molecule has 0 bridgehead atoms. The van der Waals surface area contributed by atoms with Crippen LogP contribution in [-0.2, 0) is 6.42 Å². The quantitative estimate of drug-likeness (QED) is 0.902. The second kappa shape index (κ2) is 6.48. The minimum absolute atomic E-state index is 0.0901. The number of ketones is 1. The summed E-state index contributed by atoms with van der Waals surface area (Å²) in [5.74, 6) is 0.821. The third-order valence-corrected chi connectivity index (χ3v) is 5.12. The molecular formula is C18H20N2O4S. The van der Waals surface area contributed by atoms with Crippen molar-refractivity contribution in [2.75, 3.05) is 19.5 Å². The van der Waals surface area contributed by atoms with E-state index in [0.717, 1.165) is 12.1 Å². The second-order valence-corrected chi connectivity index (χ2v) is 7.79. The van der Waals surface area contributed by atoms with Crippen LogP contribution in [0.15, 0.2) is 18.2 Å². The van der Waals surface area contributed by atoms with E-state index in [1.807, 2.05) is 13.8 Å². The molecule has 1 aliphatic carbocycles. The average Bonchev–Trinajstić information content (AvgIpc) is 2.95. The number of thiazole rings is 1. The third kappa shape index (κ3) is 3.66. The van der Waals surface area contributed by atoms with E-state index in [9.17, 15) is 9.59 Å². The zero-order valence-corrected chi connectivity index (χ0v) is 15.5. The number of nitrogens with zero attached hydrogens (tertiary/aromatic N) is 1. The number of carbonyl (C=O) groups is 2. The van der Waals surface area contributed by atoms with Crippen LogP contribution in [0, 0.1) is 5.41 Å². The SMILES string of the molecule is COc1cc(OC)cc(C(=O)Nc2nc3c(s2)C(=O)CC(C)(C)C3)c1. The molecule has 132 valence electrons. The van der Waals surface area contributed by atoms with Gasteiger partial charge in [-0.25, -0.2) is 4.98 Å². The largest absolute Gasteiger partial charge is 0.497 e. The number of aromatic nitrogens is 1. The number of ether oxygens (including phenoxy) is 2. The van der Waals surface area contributed by atoms with Gasteiger partial charge in [-0.15, -0.1) is 0 Å². The molecule has 0 spiro atoms. The Balaban J connectivity index is 1.84. The lowest BCUT2D eigenvalue weighted by molar-refractivity contribution is 0.0915. The maximum atomic E-state index is 12.5. The topological polar surface area (TPSA) is 77.5 Å². The molecule has 0 fully saturated rings. The number of Topliss-reactive ketones (excluding diaryl/α,β-unsaturated/α-hetero) is 1. The molecule has 0 radical (unpaired) electrons. The summed E-state index contributed by atoms with van der Waals surface area (Å²) in [6, 6.07) is 4.94. The smallest absolute Gasteiger partial charge is 0.257 e. The summed E-state index contributed by atoms with van der Waals surface area (Å²) in [4.78, 5) is 29.9. The van der Waals surface area contributed by atoms with Crippen LogP contribution in [0.25, 0.3) is 0 Å². The Kier molecular flexibility index (Phi) is 4.51. The van der Waals surface area contributed by atoms with Crippen LogP contribution >= 0.6 is 11.3 Å². The standard InChI is InChI=1S/C18H20N2O4S/c1-18(2)8-13-15(14(21)9-18)25-17(19-13)20-16(22)10-5-11(23-3)7-12(6-10)24-4/h5-7H,8-9H2,1-4H3,(H,19,20,22). The first-order valence-corrected chi connectivity index (χ1v) is 8.70. The van der Waals surface area contributed by atoms with Crippen LogP contribution in [0.5, 0.6) is 11.5 Å². The van der Waals surface area contributed by atoms with Gasteiger partial charge in [0.1, 0.15) is 11.5 Å². The highest BCUT2D eigenvalue weighted by Crippen LogP contribution is 2.38. The van der Waals surface area contributed by atoms with E-state index in [2.05, 4.69) is 10.3 Å². The van der Waals surface area contributed by atoms with E-state index in [4.69, 9.17) is 9.47 Å². The first-order valence-electron chi connectivity index (χ1n) is 7.88. The highest BCUT2D eigenvalue weighted by molar-refractivity contribution is 7.17. The van der Waals surface area contributed by atoms with E-state index in [1.165, 1.54) is 25.6 Å². The summed E-state index contributed by atoms with van der Waals surface area (Å²) in [5, 5.41) is 3.20. The molecule has 1 heterocycles. The fourth-order valence-corrected chi connectivity index (χ4v) is 3.80. The Morgan fingerprint density at radius 3 is 2.40 bits per heavy atom. The molecule has 7 heteroatoms. The van der Waals surface area contributed by atoms with Crippen molar-refractivity contribution in [1.82, 2.24) is 4.98 Å². The highest BCUT2D eigenvalue weighted by Gasteiger charge is 2.34. The summed E-state index contributed by atoms with van der Waals surface area (Å²) in [6.07, 6.45) is 1.23. The number of fused-ring (bicyclic) bond motifs is 1. The molecular weight excluding hydrogens is 340 g/mol. The number of anilines is 1. The van der Waals surface area contributed by atoms with Crippen molar-refractivity contribution >= 4 is 28.2 Å². The lowest BCUT2D eigenvalue weighted by Gasteiger charge is -2.26. The van der Waals surface area contributed by atoms with E-state index >= 15 is 0 Å². The predicted octanol–water partition coefficient (Wildman–Crippen LogP) is 3.57. The molecule has 0 saturated carbocycles. The summed E-state index contributed by atoms with van der Waals surface area (Å²) in [5.41, 5.74) is 1.07. The van der Waals surface area contributed by atoms with Crippen LogP contribution in [0.1, 0.15) is 46.0 Å². The number of benzene rings is 1. The van der Waals surface area contributed by atoms with Gasteiger partial charge in [0.05, 0.1) is 24.8 Å². The van der Waals surface area contributed by atoms with Gasteiger partial charge in [0.25, 0.3) is 5.91 Å². The monoisotopic (exact) mass is 360 g/mol. The number of hydrogen-bond donors (Lipinski definition) is 1. The van der Waals surface area contributed by atoms with Crippen LogP contribution in [0.4, 0.5) is 5.13 Å². The molecule has 25 heavy (non-hydrogen) atoms. The minimum Gasteiger partial charge on any atom is -0.497 e. The zero-order valence-electron chi connectivity index (χ0n) is 14.6. The number of carbonyl (C=O) groups excluding carboxylic acids is 2. The average molecular weight is 360 g/mol. The third-order valence-electron chi connectivity index (χ3n) is 4.07. The summed E-state index contributed by atoms with van der Waals surface area (Å²) < 4.78 is 10.4. The molecule has 2 aromatic rings. The van der Waals surface area contributed by atoms with Gasteiger partial charge in [0, 0.05) is 18.1 Å². The fourth-order valence-electron chi connectivity index (χ4n) is 2.88. The normalized spacial score (nSPS) is 15.4. The van der Waals surface area contributed by atoms with Crippen molar-refractivity contribution in [3.05, 3.63) is 34.3 Å². The zero-order chi connectivity index (χ0) is 18.2. The maximum absolute atomic E-state index is 12.5. The Labute approximate surface area is 150 Å². The lowest BCUT2D eigenvalue weighted by Crippen LogP contribution is -2.26. The van der Waals surface area contributed by atoms with E-state index in [-0.39, 0.29) is 17.1 Å². The summed E-state index contributed by atoms with van der Waals surface area (Å²) in [7, 11) is 3.05. The lowest BCUT2D eigenvalue weighted by atomic mass is 9.78. The van der Waals surface area contributed by atoms with Crippen LogP contribution in [0.3, 0.4) is 0 Å². The molecule has 0 unspecified atom stereocenters. The first-order chi connectivity index (χ1) is 11.8. The van der Waals surface area contributed by atoms with Gasteiger partial charge in [-0.2, -0.15) is 0 Å². The van der Waals surface area contributed by atoms with Gasteiger partial charge < -0.3 is 9.47 Å². The molecule has 0 atom stereocenters. The van der Waals surface area contributed by atoms with Gasteiger partial charge >= 0.3 is 0 Å². The van der Waals surface area contributed by atoms with Gasteiger partial charge in [-0.3, -0.25) is 14.9 Å². The molecule has 6 nitrogen and oxygen atoms in total. The Bertz CT molecular complexity index is 819. The fraction of sp³-hybridized carbons (Fsp3) is 0.389. The molecule has 1 N–H and O–H groups in total. The Hall–Kier alpha value is -2.41. The van der Waals surface area contributed by atoms with Crippen LogP contribution in [-0.4, -0.2) is 30.9 Å². The Morgan fingerprint density at radius 1 is 1.16 bits per heavy atom. The van der Waals surface area contributed by atoms with Crippen LogP contribution in [0.2, 0.25) is 0 Å². The molecule has 1 aliphatic rings. The maximum Gasteiger partial charge on any atom is 0.257 e. The van der Waals surface area contributed by atoms with Crippen molar-refractivity contribution in [3.63, 3.8) is 0 Å². The van der Waals surface area contributed by atoms with Crippen molar-refractivity contribution in [2.24, 2.45) is 5.41 Å². The predicted molar refractivity (Wildman–Crippen MR) is 96.0 cm³/mol. The molecule has 1 aromatic carbocycles. The van der Waals surface area contributed by atoms with Crippen molar-refractivity contribution in [3.8, 4) is 11.5 Å². The molecule has 1 amide bonds. The number of nitrogens with one attached hydrogen (secondary N) is 1. The minimum atomic E-state index is -0.324. The second-order valence-electron chi connectivity index (χ2n) is 6.79. The van der Waals surface area contributed by atoms with E-state index < -0.39 is 0 Å². The number of amides is 1. The molecule has 0 saturated heterocycles. The number of methoxy groups -OCH3 is 2. The highest BCUT2D eigenvalue weighted by atomic mass is 32.1. The van der Waals surface area contributed by atoms with Crippen LogP contribution < -0.4 is 14.8 Å². The number of hydrogen-bond acceptors (Lipinski definition) is 6. The summed E-state index contributed by atoms with van der Waals surface area (Å²) >= 11 is 1.23. The molecule has 0 aliphatic heterocycles. The Morgan fingerprint density at radius 2 is 1.80 bits per heavy atom. The van der Waals surface area contributed by atoms with Crippen molar-refractivity contribution in [2.45, 2.75) is 26.7 Å². The van der Waals surface area contributed by atoms with E-state index in [1.54, 1.807) is 18.2 Å². The van der Waals surface area contributed by atoms with Gasteiger partial charge in [-0.05, 0) is 24.0 Å². The van der Waals surface area contributed by atoms with Crippen molar-refractivity contribution < 1.29 is 19.1 Å². The van der Waals surface area contributed by atoms with Gasteiger partial charge in [0.15, 0.2) is 10.9 Å². The van der Waals surface area contributed by atoms with E-state index in [0.29, 0.717) is 33.5 Å². The molecule has 3 rings (SSSR count). The molecule has 1 aromatic heterocycles. The first kappa shape index (κ1) is 17.4. The van der Waals surface area contributed by atoms with Crippen molar-refractivity contribution in [1.29, 1.82) is 0 Å². The summed E-state index contributed by atoms with van der Waals surface area (Å²) in [6.45, 7) is 4.10. The number of rotatable bonds is 4. The van der Waals surface area contributed by atoms with Gasteiger partial charge in [0.2, 0.25) is 0 Å². The van der Waals surface area contributed by atoms with Gasteiger partial charge in [-0.1, -0.05) is 25.2 Å².